The fourth-order valence-corrected chi connectivity index (χ4v) is 2.23. The van der Waals surface area contributed by atoms with Crippen molar-refractivity contribution in [3.63, 3.8) is 0 Å². The Morgan fingerprint density at radius 2 is 2.16 bits per heavy atom. The van der Waals surface area contributed by atoms with Crippen LogP contribution in [0.5, 0.6) is 11.5 Å². The summed E-state index contributed by atoms with van der Waals surface area (Å²) in [6.07, 6.45) is 1.01. The first-order valence-electron chi connectivity index (χ1n) is 6.67. The molecule has 5 heteroatoms. The van der Waals surface area contributed by atoms with Crippen LogP contribution in [0.4, 0.5) is 0 Å². The van der Waals surface area contributed by atoms with Crippen LogP contribution in [0.15, 0.2) is 12.1 Å². The maximum atomic E-state index is 6.18. The Balaban J connectivity index is 1.82. The van der Waals surface area contributed by atoms with Crippen molar-refractivity contribution >= 4 is 11.6 Å². The summed E-state index contributed by atoms with van der Waals surface area (Å²) in [5, 5.41) is 3.97. The van der Waals surface area contributed by atoms with Crippen molar-refractivity contribution in [2.24, 2.45) is 0 Å². The van der Waals surface area contributed by atoms with Crippen molar-refractivity contribution in [3.05, 3.63) is 22.7 Å². The Kier molecular flexibility index (Phi) is 5.76. The van der Waals surface area contributed by atoms with Crippen LogP contribution in [0, 0.1) is 0 Å². The largest absolute Gasteiger partial charge is 0.486 e. The Morgan fingerprint density at radius 3 is 3.00 bits per heavy atom. The molecule has 0 atom stereocenters. The van der Waals surface area contributed by atoms with Crippen LogP contribution in [0.1, 0.15) is 18.9 Å². The molecule has 0 spiro atoms. The van der Waals surface area contributed by atoms with E-state index in [1.807, 2.05) is 19.1 Å². The molecule has 106 valence electrons. The summed E-state index contributed by atoms with van der Waals surface area (Å²) in [4.78, 5) is 0. The van der Waals surface area contributed by atoms with E-state index in [0.29, 0.717) is 24.0 Å². The molecule has 0 fully saturated rings. The first-order valence-corrected chi connectivity index (χ1v) is 7.05. The molecule has 0 saturated carbocycles. The molecule has 1 aromatic rings. The lowest BCUT2D eigenvalue weighted by atomic mass is 10.2. The van der Waals surface area contributed by atoms with Crippen LogP contribution in [0.2, 0.25) is 5.02 Å². The van der Waals surface area contributed by atoms with Gasteiger partial charge in [-0.2, -0.15) is 0 Å². The fraction of sp³-hybridized carbons (Fsp3) is 0.571. The topological polar surface area (TPSA) is 39.7 Å². The summed E-state index contributed by atoms with van der Waals surface area (Å²) in [6, 6.07) is 3.90. The van der Waals surface area contributed by atoms with Crippen LogP contribution in [-0.2, 0) is 11.3 Å². The highest BCUT2D eigenvalue weighted by molar-refractivity contribution is 6.32. The molecule has 0 saturated heterocycles. The lowest BCUT2D eigenvalue weighted by Crippen LogP contribution is -2.18. The van der Waals surface area contributed by atoms with Gasteiger partial charge in [0.15, 0.2) is 11.5 Å². The molecule has 0 aromatic heterocycles. The van der Waals surface area contributed by atoms with Gasteiger partial charge in [-0.05, 0) is 37.6 Å². The monoisotopic (exact) mass is 285 g/mol. The summed E-state index contributed by atoms with van der Waals surface area (Å²) in [5.41, 5.74) is 1.10. The van der Waals surface area contributed by atoms with E-state index in [0.717, 1.165) is 44.0 Å². The highest BCUT2D eigenvalue weighted by Gasteiger charge is 2.16. The maximum absolute atomic E-state index is 6.18. The van der Waals surface area contributed by atoms with Gasteiger partial charge in [-0.1, -0.05) is 11.6 Å². The third-order valence-electron chi connectivity index (χ3n) is 2.83. The Hall–Kier alpha value is -0.970. The highest BCUT2D eigenvalue weighted by Crippen LogP contribution is 2.38. The molecule has 1 aliphatic heterocycles. The lowest BCUT2D eigenvalue weighted by Gasteiger charge is -2.20. The smallest absolute Gasteiger partial charge is 0.179 e. The zero-order chi connectivity index (χ0) is 13.5. The second-order valence-corrected chi connectivity index (χ2v) is 4.74. The van der Waals surface area contributed by atoms with Crippen molar-refractivity contribution < 1.29 is 14.2 Å². The molecule has 2 rings (SSSR count). The average molecular weight is 286 g/mol. The normalized spacial score (nSPS) is 13.6. The summed E-state index contributed by atoms with van der Waals surface area (Å²) in [7, 11) is 0. The number of nitrogens with one attached hydrogen (secondary N) is 1. The van der Waals surface area contributed by atoms with E-state index >= 15 is 0 Å². The quantitative estimate of drug-likeness (QED) is 0.782. The summed E-state index contributed by atoms with van der Waals surface area (Å²) >= 11 is 6.18. The van der Waals surface area contributed by atoms with Gasteiger partial charge in [-0.3, -0.25) is 0 Å². The first-order chi connectivity index (χ1) is 9.31. The van der Waals surface area contributed by atoms with E-state index in [9.17, 15) is 0 Å². The van der Waals surface area contributed by atoms with Gasteiger partial charge < -0.3 is 19.5 Å². The summed E-state index contributed by atoms with van der Waals surface area (Å²) < 4.78 is 16.3. The molecule has 0 unspecified atom stereocenters. The van der Waals surface area contributed by atoms with Crippen molar-refractivity contribution in [2.75, 3.05) is 33.0 Å². The number of ether oxygens (including phenoxy) is 3. The number of benzene rings is 1. The molecule has 0 bridgehead atoms. The predicted molar refractivity (Wildman–Crippen MR) is 75.3 cm³/mol. The Morgan fingerprint density at radius 1 is 1.32 bits per heavy atom. The molecule has 1 aromatic carbocycles. The standard InChI is InChI=1S/C14H20ClNO3/c1-2-17-5-3-4-16-10-11-8-12(15)14-13(9-11)18-6-7-19-14/h8-9,16H,2-7,10H2,1H3. The van der Waals surface area contributed by atoms with Crippen LogP contribution in [0.25, 0.3) is 0 Å². The van der Waals surface area contributed by atoms with Gasteiger partial charge >= 0.3 is 0 Å². The predicted octanol–water partition coefficient (Wildman–Crippen LogP) is 2.63. The molecule has 1 N–H and O–H groups in total. The van der Waals surface area contributed by atoms with Crippen molar-refractivity contribution in [2.45, 2.75) is 19.9 Å². The molecule has 4 nitrogen and oxygen atoms in total. The second-order valence-electron chi connectivity index (χ2n) is 4.33. The Labute approximate surface area is 119 Å². The third-order valence-corrected chi connectivity index (χ3v) is 3.11. The first kappa shape index (κ1) is 14.4. The second kappa shape index (κ2) is 7.58. The minimum atomic E-state index is 0.557. The highest BCUT2D eigenvalue weighted by atomic mass is 35.5. The molecule has 0 radical (unpaired) electrons. The van der Waals surface area contributed by atoms with Gasteiger partial charge in [0, 0.05) is 19.8 Å². The minimum Gasteiger partial charge on any atom is -0.486 e. The lowest BCUT2D eigenvalue weighted by molar-refractivity contribution is 0.144. The van der Waals surface area contributed by atoms with Crippen LogP contribution in [-0.4, -0.2) is 33.0 Å². The molecule has 1 aliphatic rings. The van der Waals surface area contributed by atoms with Crippen LogP contribution in [0.3, 0.4) is 0 Å². The molecule has 0 aliphatic carbocycles. The third kappa shape index (κ3) is 4.27. The van der Waals surface area contributed by atoms with Gasteiger partial charge in [0.25, 0.3) is 0 Å². The molecular formula is C14H20ClNO3. The number of halogens is 1. The molecular weight excluding hydrogens is 266 g/mol. The van der Waals surface area contributed by atoms with Crippen molar-refractivity contribution in [1.82, 2.24) is 5.32 Å². The van der Waals surface area contributed by atoms with Crippen LogP contribution >= 0.6 is 11.6 Å². The van der Waals surface area contributed by atoms with Crippen LogP contribution < -0.4 is 14.8 Å². The molecule has 19 heavy (non-hydrogen) atoms. The zero-order valence-corrected chi connectivity index (χ0v) is 12.0. The zero-order valence-electron chi connectivity index (χ0n) is 11.2. The van der Waals surface area contributed by atoms with E-state index in [1.54, 1.807) is 0 Å². The van der Waals surface area contributed by atoms with Gasteiger partial charge in [-0.25, -0.2) is 0 Å². The Bertz CT molecular complexity index is 412. The number of fused-ring (bicyclic) bond motifs is 1. The van der Waals surface area contributed by atoms with Crippen molar-refractivity contribution in [1.29, 1.82) is 0 Å². The average Bonchev–Trinajstić information content (AvgIpc) is 2.43. The van der Waals surface area contributed by atoms with E-state index in [-0.39, 0.29) is 0 Å². The van der Waals surface area contributed by atoms with Crippen molar-refractivity contribution in [3.8, 4) is 11.5 Å². The summed E-state index contributed by atoms with van der Waals surface area (Å²) in [6.45, 7) is 6.40. The maximum Gasteiger partial charge on any atom is 0.179 e. The number of rotatable bonds is 7. The fourth-order valence-electron chi connectivity index (χ4n) is 1.94. The van der Waals surface area contributed by atoms with Gasteiger partial charge in [0.05, 0.1) is 5.02 Å². The molecule has 1 heterocycles. The van der Waals surface area contributed by atoms with E-state index < -0.39 is 0 Å². The van der Waals surface area contributed by atoms with Gasteiger partial charge in [-0.15, -0.1) is 0 Å². The minimum absolute atomic E-state index is 0.557. The number of hydrogen-bond donors (Lipinski definition) is 1. The van der Waals surface area contributed by atoms with E-state index in [2.05, 4.69) is 5.32 Å². The van der Waals surface area contributed by atoms with Gasteiger partial charge in [0.1, 0.15) is 13.2 Å². The van der Waals surface area contributed by atoms with E-state index in [4.69, 9.17) is 25.8 Å². The van der Waals surface area contributed by atoms with E-state index in [1.165, 1.54) is 0 Å². The van der Waals surface area contributed by atoms with Gasteiger partial charge in [0.2, 0.25) is 0 Å². The summed E-state index contributed by atoms with van der Waals surface area (Å²) in [5.74, 6) is 1.40. The molecule has 0 amide bonds. The number of hydrogen-bond acceptors (Lipinski definition) is 4. The SMILES string of the molecule is CCOCCCNCc1cc(Cl)c2c(c1)OCCO2.